The van der Waals surface area contributed by atoms with Crippen LogP contribution in [0.3, 0.4) is 0 Å². The molecule has 0 aliphatic rings. The third-order valence-electron chi connectivity index (χ3n) is 1.73. The van der Waals surface area contributed by atoms with E-state index in [0.29, 0.717) is 12.4 Å². The van der Waals surface area contributed by atoms with Crippen molar-refractivity contribution in [3.63, 3.8) is 0 Å². The number of nitrogens with zero attached hydrogens (tertiary/aromatic N) is 1. The van der Waals surface area contributed by atoms with Gasteiger partial charge in [0.1, 0.15) is 12.4 Å². The summed E-state index contributed by atoms with van der Waals surface area (Å²) < 4.78 is 39.5. The van der Waals surface area contributed by atoms with Gasteiger partial charge in [-0.3, -0.25) is 0 Å². The molecule has 1 aromatic rings. The molecule has 1 rings (SSSR count). The number of alkyl halides is 3. The van der Waals surface area contributed by atoms with E-state index in [1.165, 1.54) is 0 Å². The molecule has 0 unspecified atom stereocenters. The molecule has 0 spiro atoms. The van der Waals surface area contributed by atoms with Crippen LogP contribution in [0, 0.1) is 6.92 Å². The van der Waals surface area contributed by atoms with Gasteiger partial charge in [-0.15, -0.1) is 0 Å². The van der Waals surface area contributed by atoms with Crippen LogP contribution in [0.4, 0.5) is 19.0 Å². The van der Waals surface area contributed by atoms with E-state index in [0.717, 1.165) is 5.56 Å². The van der Waals surface area contributed by atoms with Gasteiger partial charge in [0.05, 0.1) is 6.61 Å². The highest BCUT2D eigenvalue weighted by Gasteiger charge is 2.27. The quantitative estimate of drug-likeness (QED) is 0.794. The number of anilines is 1. The van der Waals surface area contributed by atoms with Crippen molar-refractivity contribution < 1.29 is 17.9 Å². The van der Waals surface area contributed by atoms with Crippen LogP contribution in [-0.2, 0) is 4.74 Å². The molecular formula is C10H13F3N2O. The normalized spacial score (nSPS) is 11.5. The van der Waals surface area contributed by atoms with Crippen LogP contribution in [0.1, 0.15) is 5.56 Å². The zero-order chi connectivity index (χ0) is 12.0. The van der Waals surface area contributed by atoms with E-state index in [1.54, 1.807) is 6.20 Å². The predicted molar refractivity (Wildman–Crippen MR) is 54.3 cm³/mol. The Labute approximate surface area is 91.6 Å². The zero-order valence-electron chi connectivity index (χ0n) is 8.84. The molecule has 0 amide bonds. The second-order valence-electron chi connectivity index (χ2n) is 3.31. The summed E-state index contributed by atoms with van der Waals surface area (Å²) in [6.07, 6.45) is -2.63. The van der Waals surface area contributed by atoms with Gasteiger partial charge >= 0.3 is 6.18 Å². The Morgan fingerprint density at radius 3 is 2.81 bits per heavy atom. The Bertz CT molecular complexity index is 328. The molecule has 16 heavy (non-hydrogen) atoms. The smallest absolute Gasteiger partial charge is 0.370 e. The van der Waals surface area contributed by atoms with E-state index in [2.05, 4.69) is 15.0 Å². The third-order valence-corrected chi connectivity index (χ3v) is 1.73. The minimum atomic E-state index is -4.26. The van der Waals surface area contributed by atoms with Gasteiger partial charge in [-0.25, -0.2) is 4.98 Å². The van der Waals surface area contributed by atoms with Gasteiger partial charge in [0.2, 0.25) is 0 Å². The van der Waals surface area contributed by atoms with Crippen LogP contribution in [0.25, 0.3) is 0 Å². The highest BCUT2D eigenvalue weighted by molar-refractivity contribution is 5.36. The minimum Gasteiger partial charge on any atom is -0.370 e. The Kier molecular flexibility index (Phi) is 4.54. The molecule has 0 saturated carbocycles. The van der Waals surface area contributed by atoms with Gasteiger partial charge in [0, 0.05) is 12.7 Å². The number of rotatable bonds is 5. The number of ether oxygens (including phenoxy) is 1. The third kappa shape index (κ3) is 5.55. The van der Waals surface area contributed by atoms with Gasteiger partial charge in [0.15, 0.2) is 0 Å². The van der Waals surface area contributed by atoms with Crippen molar-refractivity contribution in [1.29, 1.82) is 0 Å². The Morgan fingerprint density at radius 2 is 2.19 bits per heavy atom. The largest absolute Gasteiger partial charge is 0.411 e. The molecule has 0 aromatic carbocycles. The van der Waals surface area contributed by atoms with Gasteiger partial charge in [0.25, 0.3) is 0 Å². The maximum Gasteiger partial charge on any atom is 0.411 e. The standard InChI is InChI=1S/C10H13F3N2O/c1-8-2-3-14-9(6-8)15-4-5-16-7-10(11,12)13/h2-3,6H,4-5,7H2,1H3,(H,14,15). The number of hydrogen-bond acceptors (Lipinski definition) is 3. The molecule has 0 saturated heterocycles. The van der Waals surface area contributed by atoms with Crippen LogP contribution in [0.2, 0.25) is 0 Å². The fraction of sp³-hybridized carbons (Fsp3) is 0.500. The lowest BCUT2D eigenvalue weighted by Gasteiger charge is -2.08. The van der Waals surface area contributed by atoms with Gasteiger partial charge in [-0.2, -0.15) is 13.2 Å². The fourth-order valence-electron chi connectivity index (χ4n) is 1.07. The second kappa shape index (κ2) is 5.69. The van der Waals surface area contributed by atoms with Crippen molar-refractivity contribution in [2.75, 3.05) is 25.1 Å². The summed E-state index contributed by atoms with van der Waals surface area (Å²) in [5, 5.41) is 2.87. The van der Waals surface area contributed by atoms with Crippen LogP contribution in [-0.4, -0.2) is 30.9 Å². The maximum absolute atomic E-state index is 11.7. The van der Waals surface area contributed by atoms with Gasteiger partial charge in [-0.05, 0) is 24.6 Å². The number of aromatic nitrogens is 1. The number of nitrogens with one attached hydrogen (secondary N) is 1. The highest BCUT2D eigenvalue weighted by Crippen LogP contribution is 2.14. The summed E-state index contributed by atoms with van der Waals surface area (Å²) in [6, 6.07) is 3.65. The molecule has 0 atom stereocenters. The van der Waals surface area contributed by atoms with E-state index < -0.39 is 12.8 Å². The van der Waals surface area contributed by atoms with Crippen LogP contribution in [0.15, 0.2) is 18.3 Å². The second-order valence-corrected chi connectivity index (χ2v) is 3.31. The summed E-state index contributed by atoms with van der Waals surface area (Å²) in [4.78, 5) is 4.00. The highest BCUT2D eigenvalue weighted by atomic mass is 19.4. The van der Waals surface area contributed by atoms with Gasteiger partial charge < -0.3 is 10.1 Å². The lowest BCUT2D eigenvalue weighted by atomic mass is 10.3. The molecule has 0 radical (unpaired) electrons. The van der Waals surface area contributed by atoms with Crippen molar-refractivity contribution in [2.45, 2.75) is 13.1 Å². The average molecular weight is 234 g/mol. The monoisotopic (exact) mass is 234 g/mol. The first-order valence-electron chi connectivity index (χ1n) is 4.78. The first kappa shape index (κ1) is 12.8. The molecule has 1 aromatic heterocycles. The molecule has 0 aliphatic carbocycles. The Morgan fingerprint density at radius 1 is 1.44 bits per heavy atom. The summed E-state index contributed by atoms with van der Waals surface area (Å²) >= 11 is 0. The van der Waals surface area contributed by atoms with E-state index >= 15 is 0 Å². The van der Waals surface area contributed by atoms with E-state index in [4.69, 9.17) is 0 Å². The maximum atomic E-state index is 11.7. The summed E-state index contributed by atoms with van der Waals surface area (Å²) in [7, 11) is 0. The summed E-state index contributed by atoms with van der Waals surface area (Å²) in [5.41, 5.74) is 1.04. The van der Waals surface area contributed by atoms with Crippen molar-refractivity contribution >= 4 is 5.82 Å². The zero-order valence-corrected chi connectivity index (χ0v) is 8.84. The average Bonchev–Trinajstić information content (AvgIpc) is 2.15. The topological polar surface area (TPSA) is 34.2 Å². The Hall–Kier alpha value is -1.30. The number of aryl methyl sites for hydroxylation is 1. The molecule has 6 heteroatoms. The Balaban J connectivity index is 2.17. The first-order chi connectivity index (χ1) is 7.47. The molecule has 1 N–H and O–H groups in total. The van der Waals surface area contributed by atoms with Crippen molar-refractivity contribution in [2.24, 2.45) is 0 Å². The first-order valence-corrected chi connectivity index (χ1v) is 4.78. The summed E-state index contributed by atoms with van der Waals surface area (Å²) in [5.74, 6) is 0.635. The van der Waals surface area contributed by atoms with E-state index in [1.807, 2.05) is 19.1 Å². The van der Waals surface area contributed by atoms with Crippen molar-refractivity contribution in [3.05, 3.63) is 23.9 Å². The SMILES string of the molecule is Cc1ccnc(NCCOCC(F)(F)F)c1. The number of hydrogen-bond donors (Lipinski definition) is 1. The molecule has 0 fully saturated rings. The molecular weight excluding hydrogens is 221 g/mol. The predicted octanol–water partition coefficient (Wildman–Crippen LogP) is 2.38. The van der Waals surface area contributed by atoms with E-state index in [-0.39, 0.29) is 6.61 Å². The lowest BCUT2D eigenvalue weighted by Crippen LogP contribution is -2.20. The molecule has 0 bridgehead atoms. The molecule has 1 heterocycles. The molecule has 90 valence electrons. The van der Waals surface area contributed by atoms with E-state index in [9.17, 15) is 13.2 Å². The summed E-state index contributed by atoms with van der Waals surface area (Å²) in [6.45, 7) is 0.991. The van der Waals surface area contributed by atoms with Gasteiger partial charge in [-0.1, -0.05) is 0 Å². The fourth-order valence-corrected chi connectivity index (χ4v) is 1.07. The number of halogens is 3. The van der Waals surface area contributed by atoms with Crippen molar-refractivity contribution in [1.82, 2.24) is 4.98 Å². The van der Waals surface area contributed by atoms with Crippen LogP contribution < -0.4 is 5.32 Å². The lowest BCUT2D eigenvalue weighted by molar-refractivity contribution is -0.172. The minimum absolute atomic E-state index is 0.00483. The van der Waals surface area contributed by atoms with Crippen LogP contribution >= 0.6 is 0 Å². The number of pyridine rings is 1. The van der Waals surface area contributed by atoms with Crippen molar-refractivity contribution in [3.8, 4) is 0 Å². The van der Waals surface area contributed by atoms with Crippen LogP contribution in [0.5, 0.6) is 0 Å². The molecule has 0 aliphatic heterocycles. The molecule has 3 nitrogen and oxygen atoms in total.